The fourth-order valence-electron chi connectivity index (χ4n) is 2.30. The number of hydrogen-bond donors (Lipinski definition) is 1. The Balaban J connectivity index is 2.28. The summed E-state index contributed by atoms with van der Waals surface area (Å²) in [5.74, 6) is -1.09. The molecule has 104 valence electrons. The number of carbonyl (C=O) groups is 1. The van der Waals surface area contributed by atoms with E-state index in [4.69, 9.17) is 0 Å². The molecule has 0 unspecified atom stereocenters. The van der Waals surface area contributed by atoms with Gasteiger partial charge in [-0.25, -0.2) is 4.79 Å². The highest BCUT2D eigenvalue weighted by atomic mass is 16.4. The van der Waals surface area contributed by atoms with Gasteiger partial charge in [0.1, 0.15) is 0 Å². The zero-order valence-corrected chi connectivity index (χ0v) is 11.4. The highest BCUT2D eigenvalue weighted by molar-refractivity contribution is 6.04. The molecule has 0 saturated heterocycles. The molecule has 1 aromatic heterocycles. The van der Waals surface area contributed by atoms with Gasteiger partial charge in [-0.1, -0.05) is 36.4 Å². The number of carboxylic acid groups (broad SMARTS) is 1. The van der Waals surface area contributed by atoms with Gasteiger partial charge < -0.3 is 10.0 Å². The molecule has 0 atom stereocenters. The summed E-state index contributed by atoms with van der Waals surface area (Å²) in [6.45, 7) is 0. The molecule has 0 spiro atoms. The molecule has 0 bridgehead atoms. The van der Waals surface area contributed by atoms with Crippen LogP contribution in [0.3, 0.4) is 0 Å². The van der Waals surface area contributed by atoms with Crippen LogP contribution in [0.4, 0.5) is 11.4 Å². The van der Waals surface area contributed by atoms with E-state index in [0.29, 0.717) is 11.2 Å². The van der Waals surface area contributed by atoms with E-state index in [0.717, 1.165) is 11.1 Å². The second kappa shape index (κ2) is 5.20. The summed E-state index contributed by atoms with van der Waals surface area (Å²) in [7, 11) is 1.82. The first-order chi connectivity index (χ1) is 10.2. The summed E-state index contributed by atoms with van der Waals surface area (Å²) in [5, 5.41) is 18.0. The van der Waals surface area contributed by atoms with E-state index in [1.807, 2.05) is 66.5 Å². The number of benzene rings is 2. The third-order valence-electron chi connectivity index (χ3n) is 3.32. The molecule has 5 heteroatoms. The molecule has 1 heterocycles. The van der Waals surface area contributed by atoms with Crippen molar-refractivity contribution < 1.29 is 9.90 Å². The van der Waals surface area contributed by atoms with E-state index in [9.17, 15) is 9.90 Å². The van der Waals surface area contributed by atoms with Crippen LogP contribution >= 0.6 is 0 Å². The van der Waals surface area contributed by atoms with Crippen molar-refractivity contribution in [2.45, 2.75) is 0 Å². The van der Waals surface area contributed by atoms with Gasteiger partial charge >= 0.3 is 5.97 Å². The van der Waals surface area contributed by atoms with Crippen molar-refractivity contribution in [1.82, 2.24) is 10.2 Å². The Morgan fingerprint density at radius 3 is 2.38 bits per heavy atom. The number of rotatable bonds is 3. The average molecular weight is 279 g/mol. The lowest BCUT2D eigenvalue weighted by Gasteiger charge is -2.22. The van der Waals surface area contributed by atoms with Crippen molar-refractivity contribution in [3.05, 3.63) is 60.3 Å². The van der Waals surface area contributed by atoms with E-state index in [2.05, 4.69) is 10.2 Å². The Morgan fingerprint density at radius 1 is 1.00 bits per heavy atom. The van der Waals surface area contributed by atoms with Crippen LogP contribution in [0.5, 0.6) is 0 Å². The van der Waals surface area contributed by atoms with Gasteiger partial charge in [-0.15, -0.1) is 10.2 Å². The zero-order chi connectivity index (χ0) is 14.8. The molecule has 2 aromatic carbocycles. The van der Waals surface area contributed by atoms with Crippen LogP contribution in [-0.2, 0) is 0 Å². The largest absolute Gasteiger partial charge is 0.476 e. The predicted molar refractivity (Wildman–Crippen MR) is 81.0 cm³/mol. The van der Waals surface area contributed by atoms with Crippen molar-refractivity contribution in [2.75, 3.05) is 11.9 Å². The van der Waals surface area contributed by atoms with Crippen molar-refractivity contribution in [3.63, 3.8) is 0 Å². The SMILES string of the molecule is CN(c1ccccc1)c1c(C(=O)O)nnc2ccccc12. The molecule has 5 nitrogen and oxygen atoms in total. The number of fused-ring (bicyclic) bond motifs is 1. The Hall–Kier alpha value is -2.95. The molecule has 0 fully saturated rings. The van der Waals surface area contributed by atoms with Crippen LogP contribution in [0, 0.1) is 0 Å². The molecule has 0 aliphatic carbocycles. The topological polar surface area (TPSA) is 66.3 Å². The third-order valence-corrected chi connectivity index (χ3v) is 3.32. The second-order valence-electron chi connectivity index (χ2n) is 4.61. The lowest BCUT2D eigenvalue weighted by Crippen LogP contribution is -2.16. The maximum atomic E-state index is 11.5. The van der Waals surface area contributed by atoms with Crippen molar-refractivity contribution in [3.8, 4) is 0 Å². The molecule has 0 radical (unpaired) electrons. The number of carboxylic acids is 1. The number of anilines is 2. The van der Waals surface area contributed by atoms with E-state index < -0.39 is 5.97 Å². The number of aromatic carboxylic acids is 1. The minimum absolute atomic E-state index is 0.0555. The minimum atomic E-state index is -1.09. The highest BCUT2D eigenvalue weighted by Gasteiger charge is 2.20. The molecule has 0 saturated carbocycles. The quantitative estimate of drug-likeness (QED) is 0.798. The van der Waals surface area contributed by atoms with Gasteiger partial charge in [0.15, 0.2) is 5.69 Å². The first kappa shape index (κ1) is 13.1. The Kier molecular flexibility index (Phi) is 3.23. The lowest BCUT2D eigenvalue weighted by atomic mass is 10.1. The summed E-state index contributed by atoms with van der Waals surface area (Å²) in [5.41, 5.74) is 2.04. The fourth-order valence-corrected chi connectivity index (χ4v) is 2.30. The Bertz CT molecular complexity index is 803. The van der Waals surface area contributed by atoms with E-state index >= 15 is 0 Å². The van der Waals surface area contributed by atoms with Gasteiger partial charge in [0.25, 0.3) is 0 Å². The molecule has 0 aliphatic rings. The van der Waals surface area contributed by atoms with Crippen LogP contribution < -0.4 is 4.90 Å². The normalized spacial score (nSPS) is 10.5. The summed E-state index contributed by atoms with van der Waals surface area (Å²) >= 11 is 0. The van der Waals surface area contributed by atoms with E-state index in [1.165, 1.54) is 0 Å². The van der Waals surface area contributed by atoms with Gasteiger partial charge in [-0.05, 0) is 18.2 Å². The average Bonchev–Trinajstić information content (AvgIpc) is 2.53. The van der Waals surface area contributed by atoms with Crippen LogP contribution in [-0.4, -0.2) is 28.3 Å². The van der Waals surface area contributed by atoms with Crippen LogP contribution in [0.25, 0.3) is 10.9 Å². The maximum Gasteiger partial charge on any atom is 0.358 e. The molecule has 0 amide bonds. The van der Waals surface area contributed by atoms with Crippen LogP contribution in [0.15, 0.2) is 54.6 Å². The molecule has 3 aromatic rings. The van der Waals surface area contributed by atoms with Crippen molar-refractivity contribution >= 4 is 28.2 Å². The molecular formula is C16H13N3O2. The van der Waals surface area contributed by atoms with Gasteiger partial charge in [-0.3, -0.25) is 0 Å². The second-order valence-corrected chi connectivity index (χ2v) is 4.61. The summed E-state index contributed by atoms with van der Waals surface area (Å²) in [4.78, 5) is 13.3. The molecule has 0 aliphatic heterocycles. The van der Waals surface area contributed by atoms with Gasteiger partial charge in [-0.2, -0.15) is 0 Å². The van der Waals surface area contributed by atoms with Gasteiger partial charge in [0, 0.05) is 18.1 Å². The van der Waals surface area contributed by atoms with Crippen molar-refractivity contribution in [2.24, 2.45) is 0 Å². The first-order valence-electron chi connectivity index (χ1n) is 6.46. The molecular weight excluding hydrogens is 266 g/mol. The fraction of sp³-hybridized carbons (Fsp3) is 0.0625. The predicted octanol–water partition coefficient (Wildman–Crippen LogP) is 3.10. The number of hydrogen-bond acceptors (Lipinski definition) is 4. The number of aromatic nitrogens is 2. The standard InChI is InChI=1S/C16H13N3O2/c1-19(11-7-3-2-4-8-11)15-12-9-5-6-10-13(12)17-18-14(15)16(20)21/h2-10H,1H3,(H,20,21). The monoisotopic (exact) mass is 279 g/mol. The zero-order valence-electron chi connectivity index (χ0n) is 11.4. The van der Waals surface area contributed by atoms with Gasteiger partial charge in [0.2, 0.25) is 0 Å². The van der Waals surface area contributed by atoms with Crippen molar-refractivity contribution in [1.29, 1.82) is 0 Å². The summed E-state index contributed by atoms with van der Waals surface area (Å²) in [6.07, 6.45) is 0. The lowest BCUT2D eigenvalue weighted by molar-refractivity contribution is 0.0690. The first-order valence-corrected chi connectivity index (χ1v) is 6.46. The third kappa shape index (κ3) is 2.29. The van der Waals surface area contributed by atoms with E-state index in [-0.39, 0.29) is 5.69 Å². The highest BCUT2D eigenvalue weighted by Crippen LogP contribution is 2.32. The number of para-hydroxylation sites is 1. The maximum absolute atomic E-state index is 11.5. The molecule has 3 rings (SSSR count). The molecule has 1 N–H and O–H groups in total. The Labute approximate surface area is 121 Å². The summed E-state index contributed by atoms with van der Waals surface area (Å²) in [6, 6.07) is 16.9. The van der Waals surface area contributed by atoms with Crippen LogP contribution in [0.2, 0.25) is 0 Å². The Morgan fingerprint density at radius 2 is 1.67 bits per heavy atom. The van der Waals surface area contributed by atoms with Gasteiger partial charge in [0.05, 0.1) is 11.2 Å². The van der Waals surface area contributed by atoms with E-state index in [1.54, 1.807) is 0 Å². The smallest absolute Gasteiger partial charge is 0.358 e. The summed E-state index contributed by atoms with van der Waals surface area (Å²) < 4.78 is 0. The van der Waals surface area contributed by atoms with Crippen LogP contribution in [0.1, 0.15) is 10.5 Å². The minimum Gasteiger partial charge on any atom is -0.476 e. The number of nitrogens with zero attached hydrogens (tertiary/aromatic N) is 3. The molecule has 21 heavy (non-hydrogen) atoms.